The van der Waals surface area contributed by atoms with Gasteiger partial charge in [-0.05, 0) is 17.0 Å². The van der Waals surface area contributed by atoms with Crippen molar-refractivity contribution in [2.24, 2.45) is 11.7 Å². The molecule has 5 nitrogen and oxygen atoms in total. The summed E-state index contributed by atoms with van der Waals surface area (Å²) in [6, 6.07) is 6.78. The Kier molecular flexibility index (Phi) is 4.09. The fraction of sp³-hybridized carbons (Fsp3) is 0.467. The summed E-state index contributed by atoms with van der Waals surface area (Å²) in [6.07, 6.45) is 0. The van der Waals surface area contributed by atoms with E-state index in [1.807, 2.05) is 38.1 Å². The molecule has 1 aromatic rings. The second-order valence-corrected chi connectivity index (χ2v) is 5.58. The number of aliphatic carboxylic acids is 1. The molecule has 1 heterocycles. The van der Waals surface area contributed by atoms with Gasteiger partial charge in [0, 0.05) is 13.1 Å². The Balaban J connectivity index is 2.29. The summed E-state index contributed by atoms with van der Waals surface area (Å²) in [7, 11) is 0. The van der Waals surface area contributed by atoms with Crippen molar-refractivity contribution in [3.8, 4) is 0 Å². The maximum absolute atomic E-state index is 12.3. The molecule has 0 saturated carbocycles. The molecular formula is C15H20N2O3. The highest BCUT2D eigenvalue weighted by Gasteiger charge is 2.34. The quantitative estimate of drug-likeness (QED) is 0.868. The summed E-state index contributed by atoms with van der Waals surface area (Å²) in [5, 5.41) is 9.36. The van der Waals surface area contributed by atoms with E-state index in [1.165, 1.54) is 0 Å². The van der Waals surface area contributed by atoms with Gasteiger partial charge in [-0.25, -0.2) is 0 Å². The maximum Gasteiger partial charge on any atom is 0.312 e. The zero-order valence-corrected chi connectivity index (χ0v) is 11.7. The number of carboxylic acids is 1. The van der Waals surface area contributed by atoms with Gasteiger partial charge in [-0.1, -0.05) is 38.1 Å². The average molecular weight is 276 g/mol. The number of nitrogens with zero attached hydrogens (tertiary/aromatic N) is 1. The Bertz CT molecular complexity index is 528. The van der Waals surface area contributed by atoms with Gasteiger partial charge in [0.25, 0.3) is 0 Å². The first-order valence-electron chi connectivity index (χ1n) is 6.76. The van der Waals surface area contributed by atoms with E-state index >= 15 is 0 Å². The van der Waals surface area contributed by atoms with Crippen LogP contribution in [-0.2, 0) is 16.1 Å². The minimum absolute atomic E-state index is 0.0305. The summed E-state index contributed by atoms with van der Waals surface area (Å²) in [5.41, 5.74) is 7.57. The number of carbonyl (C=O) groups excluding carboxylic acids is 1. The molecule has 0 fully saturated rings. The largest absolute Gasteiger partial charge is 0.481 e. The first kappa shape index (κ1) is 14.5. The molecule has 2 unspecified atom stereocenters. The first-order chi connectivity index (χ1) is 9.41. The SMILES string of the molecule is CC(C)C(N)C(=O)N1Cc2ccccc2C(C(=O)O)C1. The third kappa shape index (κ3) is 2.67. The van der Waals surface area contributed by atoms with E-state index in [9.17, 15) is 14.7 Å². The third-order valence-electron chi connectivity index (χ3n) is 3.81. The highest BCUT2D eigenvalue weighted by Crippen LogP contribution is 2.29. The Morgan fingerprint density at radius 1 is 1.35 bits per heavy atom. The van der Waals surface area contributed by atoms with E-state index in [1.54, 1.807) is 4.90 Å². The second-order valence-electron chi connectivity index (χ2n) is 5.58. The van der Waals surface area contributed by atoms with Crippen LogP contribution in [0.1, 0.15) is 30.9 Å². The van der Waals surface area contributed by atoms with Crippen LogP contribution in [0.15, 0.2) is 24.3 Å². The Labute approximate surface area is 118 Å². The molecule has 5 heteroatoms. The molecule has 0 bridgehead atoms. The van der Waals surface area contributed by atoms with Crippen molar-refractivity contribution in [3.63, 3.8) is 0 Å². The van der Waals surface area contributed by atoms with Crippen molar-refractivity contribution in [1.82, 2.24) is 4.90 Å². The fourth-order valence-electron chi connectivity index (χ4n) is 2.48. The van der Waals surface area contributed by atoms with Crippen LogP contribution in [0.3, 0.4) is 0 Å². The molecule has 0 radical (unpaired) electrons. The lowest BCUT2D eigenvalue weighted by molar-refractivity contribution is -0.142. The summed E-state index contributed by atoms with van der Waals surface area (Å²) in [5.74, 6) is -1.74. The lowest BCUT2D eigenvalue weighted by Crippen LogP contribution is -2.49. The summed E-state index contributed by atoms with van der Waals surface area (Å²) >= 11 is 0. The van der Waals surface area contributed by atoms with Crippen molar-refractivity contribution in [1.29, 1.82) is 0 Å². The van der Waals surface area contributed by atoms with Gasteiger partial charge in [0.2, 0.25) is 5.91 Å². The number of amides is 1. The number of fused-ring (bicyclic) bond motifs is 1. The molecule has 0 aliphatic carbocycles. The first-order valence-corrected chi connectivity index (χ1v) is 6.76. The van der Waals surface area contributed by atoms with Gasteiger partial charge in [-0.3, -0.25) is 9.59 Å². The molecule has 20 heavy (non-hydrogen) atoms. The predicted octanol–water partition coefficient (Wildman–Crippen LogP) is 1.18. The van der Waals surface area contributed by atoms with Gasteiger partial charge in [0.15, 0.2) is 0 Å². The van der Waals surface area contributed by atoms with Crippen molar-refractivity contribution < 1.29 is 14.7 Å². The zero-order chi connectivity index (χ0) is 14.9. The van der Waals surface area contributed by atoms with Gasteiger partial charge in [-0.15, -0.1) is 0 Å². The van der Waals surface area contributed by atoms with E-state index in [-0.39, 0.29) is 18.4 Å². The van der Waals surface area contributed by atoms with Crippen LogP contribution in [0, 0.1) is 5.92 Å². The molecule has 1 aliphatic rings. The average Bonchev–Trinajstić information content (AvgIpc) is 2.44. The molecule has 1 amide bonds. The minimum Gasteiger partial charge on any atom is -0.481 e. The fourth-order valence-corrected chi connectivity index (χ4v) is 2.48. The van der Waals surface area contributed by atoms with Gasteiger partial charge >= 0.3 is 5.97 Å². The van der Waals surface area contributed by atoms with E-state index in [4.69, 9.17) is 5.73 Å². The lowest BCUT2D eigenvalue weighted by Gasteiger charge is -2.34. The van der Waals surface area contributed by atoms with Crippen LogP contribution in [0.2, 0.25) is 0 Å². The van der Waals surface area contributed by atoms with Crippen LogP contribution in [-0.4, -0.2) is 34.5 Å². The van der Waals surface area contributed by atoms with Crippen LogP contribution < -0.4 is 5.73 Å². The second kappa shape index (κ2) is 5.63. The van der Waals surface area contributed by atoms with E-state index < -0.39 is 17.9 Å². The number of hydrogen-bond donors (Lipinski definition) is 2. The molecule has 108 valence electrons. The molecule has 0 spiro atoms. The maximum atomic E-state index is 12.3. The van der Waals surface area contributed by atoms with E-state index in [0.29, 0.717) is 6.54 Å². The Hall–Kier alpha value is -1.88. The number of carboxylic acid groups (broad SMARTS) is 1. The van der Waals surface area contributed by atoms with Crippen molar-refractivity contribution >= 4 is 11.9 Å². The summed E-state index contributed by atoms with van der Waals surface area (Å²) < 4.78 is 0. The van der Waals surface area contributed by atoms with Gasteiger partial charge in [0.1, 0.15) is 0 Å². The highest BCUT2D eigenvalue weighted by molar-refractivity contribution is 5.84. The van der Waals surface area contributed by atoms with Crippen LogP contribution >= 0.6 is 0 Å². The summed E-state index contributed by atoms with van der Waals surface area (Å²) in [4.78, 5) is 25.3. The molecule has 3 N–H and O–H groups in total. The molecular weight excluding hydrogens is 256 g/mol. The van der Waals surface area contributed by atoms with Gasteiger partial charge in [-0.2, -0.15) is 0 Å². The molecule has 1 aliphatic heterocycles. The lowest BCUT2D eigenvalue weighted by atomic mass is 9.89. The molecule has 2 rings (SSSR count). The number of rotatable bonds is 3. The number of hydrogen-bond acceptors (Lipinski definition) is 3. The van der Waals surface area contributed by atoms with Gasteiger partial charge in [0.05, 0.1) is 12.0 Å². The Morgan fingerprint density at radius 2 is 2.00 bits per heavy atom. The monoisotopic (exact) mass is 276 g/mol. The predicted molar refractivity (Wildman–Crippen MR) is 75.0 cm³/mol. The molecule has 0 saturated heterocycles. The number of benzene rings is 1. The van der Waals surface area contributed by atoms with Gasteiger partial charge < -0.3 is 15.7 Å². The zero-order valence-electron chi connectivity index (χ0n) is 11.7. The van der Waals surface area contributed by atoms with Crippen LogP contribution in [0.5, 0.6) is 0 Å². The molecule has 0 aromatic heterocycles. The van der Waals surface area contributed by atoms with Crippen molar-refractivity contribution in [3.05, 3.63) is 35.4 Å². The third-order valence-corrected chi connectivity index (χ3v) is 3.81. The van der Waals surface area contributed by atoms with E-state index in [0.717, 1.165) is 11.1 Å². The minimum atomic E-state index is -0.909. The van der Waals surface area contributed by atoms with Crippen LogP contribution in [0.25, 0.3) is 0 Å². The standard InChI is InChI=1S/C15H20N2O3/c1-9(2)13(16)14(18)17-7-10-5-3-4-6-11(10)12(8-17)15(19)20/h3-6,9,12-13H,7-8,16H2,1-2H3,(H,19,20). The topological polar surface area (TPSA) is 83.6 Å². The van der Waals surface area contributed by atoms with Crippen molar-refractivity contribution in [2.45, 2.75) is 32.4 Å². The van der Waals surface area contributed by atoms with Crippen molar-refractivity contribution in [2.75, 3.05) is 6.54 Å². The number of carbonyl (C=O) groups is 2. The number of nitrogens with two attached hydrogens (primary N) is 1. The van der Waals surface area contributed by atoms with E-state index in [2.05, 4.69) is 0 Å². The van der Waals surface area contributed by atoms with Crippen LogP contribution in [0.4, 0.5) is 0 Å². The summed E-state index contributed by atoms with van der Waals surface area (Å²) in [6.45, 7) is 4.38. The highest BCUT2D eigenvalue weighted by atomic mass is 16.4. The molecule has 1 aromatic carbocycles. The molecule has 2 atom stereocenters. The smallest absolute Gasteiger partial charge is 0.312 e. The normalized spacial score (nSPS) is 19.6. The Morgan fingerprint density at radius 3 is 2.60 bits per heavy atom.